The van der Waals surface area contributed by atoms with Crippen molar-refractivity contribution < 1.29 is 13.2 Å². The molecule has 0 spiro atoms. The lowest BCUT2D eigenvalue weighted by molar-refractivity contribution is -0.0688. The van der Waals surface area contributed by atoms with E-state index >= 15 is 0 Å². The van der Waals surface area contributed by atoms with E-state index in [0.717, 1.165) is 84.1 Å². The highest BCUT2D eigenvalue weighted by Gasteiger charge is 2.40. The van der Waals surface area contributed by atoms with Gasteiger partial charge in [0.15, 0.2) is 0 Å². The van der Waals surface area contributed by atoms with Gasteiger partial charge in [-0.2, -0.15) is 13.2 Å². The number of rotatable bonds is 17. The number of fused-ring (bicyclic) bond motifs is 3. The maximum absolute atomic E-state index is 14.3. The molecule has 6 rings (SSSR count). The zero-order valence-corrected chi connectivity index (χ0v) is 31.5. The van der Waals surface area contributed by atoms with Gasteiger partial charge in [0.25, 0.3) is 0 Å². The van der Waals surface area contributed by atoms with E-state index in [9.17, 15) is 13.2 Å². The second-order valence-corrected chi connectivity index (χ2v) is 16.1. The smallest absolute Gasteiger partial charge is 0.355 e. The normalized spacial score (nSPS) is 18.6. The summed E-state index contributed by atoms with van der Waals surface area (Å²) in [4.78, 5) is 0. The molecule has 4 aliphatic rings. The van der Waals surface area contributed by atoms with Crippen LogP contribution in [0.1, 0.15) is 179 Å². The van der Waals surface area contributed by atoms with E-state index in [4.69, 9.17) is 0 Å². The number of unbranched alkanes of at least 4 members (excludes halogenated alkanes) is 9. The van der Waals surface area contributed by atoms with Crippen LogP contribution in [0.4, 0.5) is 18.9 Å². The summed E-state index contributed by atoms with van der Waals surface area (Å²) in [6, 6.07) is 3.89. The molecule has 0 radical (unpaired) electrons. The van der Waals surface area contributed by atoms with Crippen LogP contribution in [0.3, 0.4) is 0 Å². The third-order valence-electron chi connectivity index (χ3n) is 12.6. The zero-order valence-electron chi connectivity index (χ0n) is 31.5. The van der Waals surface area contributed by atoms with Gasteiger partial charge in [-0.05, 0) is 86.1 Å². The maximum Gasteiger partial charge on any atom is 0.417 e. The first-order valence-corrected chi connectivity index (χ1v) is 20.7. The number of halogens is 3. The summed E-state index contributed by atoms with van der Waals surface area (Å²) >= 11 is 0. The maximum atomic E-state index is 14.3. The lowest BCUT2D eigenvalue weighted by Crippen LogP contribution is -2.20. The third kappa shape index (κ3) is 9.79. The zero-order chi connectivity index (χ0) is 34.8. The Morgan fingerprint density at radius 2 is 1.51 bits per heavy atom. The quantitative estimate of drug-likeness (QED) is 0.165. The number of benzene rings is 1. The average molecular weight is 681 g/mol. The molecule has 0 amide bonds. The molecule has 1 atom stereocenters. The van der Waals surface area contributed by atoms with Crippen LogP contribution in [0.15, 0.2) is 29.5 Å². The molecule has 5 heteroatoms. The van der Waals surface area contributed by atoms with E-state index in [-0.39, 0.29) is 0 Å². The van der Waals surface area contributed by atoms with Gasteiger partial charge in [-0.1, -0.05) is 136 Å². The highest BCUT2D eigenvalue weighted by Crippen LogP contribution is 2.48. The Hall–Kier alpha value is -2.17. The Kier molecular flexibility index (Phi) is 14.3. The molecule has 1 aromatic heterocycles. The number of aromatic nitrogens is 1. The minimum atomic E-state index is -4.39. The van der Waals surface area contributed by atoms with Gasteiger partial charge in [-0.25, -0.2) is 0 Å². The number of alkyl halides is 3. The fraction of sp³-hybridized carbons (Fsp3) is 0.727. The highest BCUT2D eigenvalue weighted by atomic mass is 19.4. The number of nitrogens with one attached hydrogen (secondary N) is 1. The van der Waals surface area contributed by atoms with Crippen LogP contribution in [0.25, 0.3) is 16.5 Å². The predicted octanol–water partition coefficient (Wildman–Crippen LogP) is 14.6. The molecule has 0 saturated heterocycles. The molecule has 0 bridgehead atoms. The van der Waals surface area contributed by atoms with E-state index < -0.39 is 11.7 Å². The van der Waals surface area contributed by atoms with Crippen molar-refractivity contribution in [3.8, 4) is 0 Å². The molecule has 2 aromatic rings. The van der Waals surface area contributed by atoms with E-state index in [1.807, 2.05) is 19.1 Å². The lowest BCUT2D eigenvalue weighted by Gasteiger charge is -2.31. The minimum absolute atomic E-state index is 0.330. The second-order valence-electron chi connectivity index (χ2n) is 16.1. The minimum Gasteiger partial charge on any atom is -0.355 e. The first-order valence-electron chi connectivity index (χ1n) is 20.7. The van der Waals surface area contributed by atoms with Crippen molar-refractivity contribution in [3.05, 3.63) is 46.3 Å². The summed E-state index contributed by atoms with van der Waals surface area (Å²) < 4.78 is 45.3. The topological polar surface area (TPSA) is 17.0 Å². The van der Waals surface area contributed by atoms with Gasteiger partial charge >= 0.3 is 6.18 Å². The van der Waals surface area contributed by atoms with Gasteiger partial charge in [0.1, 0.15) is 0 Å². The van der Waals surface area contributed by atoms with Crippen molar-refractivity contribution in [2.75, 3.05) is 5.32 Å². The molecule has 3 aliphatic carbocycles. The monoisotopic (exact) mass is 681 g/mol. The molecular weight excluding hydrogens is 613 g/mol. The number of aryl methyl sites for hydroxylation is 2. The van der Waals surface area contributed by atoms with Crippen molar-refractivity contribution >= 4 is 22.2 Å². The number of allylic oxidation sites excluding steroid dienone is 3. The molecule has 2 nitrogen and oxygen atoms in total. The number of hydrogen-bond donors (Lipinski definition) is 1. The Bertz CT molecular complexity index is 1400. The van der Waals surface area contributed by atoms with Crippen LogP contribution in [0, 0.1) is 24.7 Å². The van der Waals surface area contributed by atoms with Gasteiger partial charge in [-0.3, -0.25) is 0 Å². The van der Waals surface area contributed by atoms with Gasteiger partial charge < -0.3 is 9.88 Å². The van der Waals surface area contributed by atoms with Crippen molar-refractivity contribution in [1.82, 2.24) is 4.57 Å². The number of hydrogen-bond acceptors (Lipinski definition) is 1. The Labute approximate surface area is 296 Å². The molecule has 49 heavy (non-hydrogen) atoms. The van der Waals surface area contributed by atoms with Crippen molar-refractivity contribution in [3.63, 3.8) is 0 Å². The second kappa shape index (κ2) is 18.4. The standard InChI is InChI=1S/C30H41F3N2.C14H26/c1-4-6-7-8-9-10-11-12-13-19-35-26(5-2)21(3)28-27(35)18-17-24-29(28)23(30(31,32)33)20-25(34-24)22-15-14-16-22;1-12(14-10-5-11-14)6-2-3-7-13-8-4-9-13/h17-18,20,34H,4-16,19H2,1-3H3;12-14H,2-11H2,1H3. The number of nitrogens with zero attached hydrogens (tertiary/aromatic N) is 1. The molecule has 274 valence electrons. The molecule has 1 N–H and O–H groups in total. The fourth-order valence-electron chi connectivity index (χ4n) is 8.72. The van der Waals surface area contributed by atoms with E-state index in [1.165, 1.54) is 122 Å². The first-order chi connectivity index (χ1) is 23.7. The van der Waals surface area contributed by atoms with Crippen LogP contribution >= 0.6 is 0 Å². The number of anilines is 1. The molecule has 1 aliphatic heterocycles. The summed E-state index contributed by atoms with van der Waals surface area (Å²) in [7, 11) is 0. The molecule has 3 fully saturated rings. The summed E-state index contributed by atoms with van der Waals surface area (Å²) in [5.74, 6) is 3.28. The van der Waals surface area contributed by atoms with Crippen LogP contribution in [-0.2, 0) is 13.0 Å². The van der Waals surface area contributed by atoms with E-state index in [1.54, 1.807) is 0 Å². The van der Waals surface area contributed by atoms with Gasteiger partial charge in [-0.15, -0.1) is 0 Å². The van der Waals surface area contributed by atoms with Crippen molar-refractivity contribution in [2.24, 2.45) is 17.8 Å². The summed E-state index contributed by atoms with van der Waals surface area (Å²) in [5.41, 5.74) is 5.27. The van der Waals surface area contributed by atoms with Crippen molar-refractivity contribution in [1.29, 1.82) is 0 Å². The van der Waals surface area contributed by atoms with Crippen molar-refractivity contribution in [2.45, 2.75) is 188 Å². The highest BCUT2D eigenvalue weighted by molar-refractivity contribution is 6.04. The summed E-state index contributed by atoms with van der Waals surface area (Å²) in [6.07, 6.45) is 27.2. The molecular formula is C44H67F3N2. The van der Waals surface area contributed by atoms with Gasteiger partial charge in [0.2, 0.25) is 0 Å². The predicted molar refractivity (Wildman–Crippen MR) is 204 cm³/mol. The Balaban J connectivity index is 0.000000278. The average Bonchev–Trinajstić information content (AvgIpc) is 3.27. The third-order valence-corrected chi connectivity index (χ3v) is 12.6. The molecule has 1 unspecified atom stereocenters. The lowest BCUT2D eigenvalue weighted by atomic mass is 9.74. The van der Waals surface area contributed by atoms with E-state index in [2.05, 4.69) is 30.7 Å². The van der Waals surface area contributed by atoms with Crippen LogP contribution in [-0.4, -0.2) is 10.7 Å². The largest absolute Gasteiger partial charge is 0.417 e. The molecule has 2 heterocycles. The summed E-state index contributed by atoms with van der Waals surface area (Å²) in [6.45, 7) is 9.71. The van der Waals surface area contributed by atoms with Crippen LogP contribution in [0.5, 0.6) is 0 Å². The molecule has 3 saturated carbocycles. The van der Waals surface area contributed by atoms with Gasteiger partial charge in [0.05, 0.1) is 5.57 Å². The Morgan fingerprint density at radius 3 is 2.06 bits per heavy atom. The van der Waals surface area contributed by atoms with E-state index in [0.29, 0.717) is 16.9 Å². The first kappa shape index (κ1) is 38.1. The van der Waals surface area contributed by atoms with Crippen LogP contribution in [0.2, 0.25) is 0 Å². The molecule has 1 aromatic carbocycles. The van der Waals surface area contributed by atoms with Crippen LogP contribution < -0.4 is 5.32 Å². The van der Waals surface area contributed by atoms with Gasteiger partial charge in [0, 0.05) is 40.1 Å². The Morgan fingerprint density at radius 1 is 0.837 bits per heavy atom. The SMILES string of the molecule is CC(CCCCC1CCC1)C1CCC1.CCCCCCCCCCCn1c(CC)c(C)c2c3c(ccc21)NC(=C1CCC1)C=C3C(F)(F)F. The fourth-order valence-corrected chi connectivity index (χ4v) is 8.72. The summed E-state index contributed by atoms with van der Waals surface area (Å²) in [5, 5.41) is 4.11.